The van der Waals surface area contributed by atoms with E-state index >= 15 is 0 Å². The van der Waals surface area contributed by atoms with Crippen LogP contribution in [-0.2, 0) is 10.0 Å². The molecule has 19 heavy (non-hydrogen) atoms. The summed E-state index contributed by atoms with van der Waals surface area (Å²) in [5, 5.41) is 5.24. The Bertz CT molecular complexity index is 543. The first kappa shape index (κ1) is 13.4. The first-order valence-corrected chi connectivity index (χ1v) is 8.84. The molecule has 0 saturated carbocycles. The van der Waals surface area contributed by atoms with Crippen LogP contribution in [0.15, 0.2) is 15.7 Å². The molecule has 2 bridgehead atoms. The number of hydrogen-bond donors (Lipinski definition) is 2. The summed E-state index contributed by atoms with van der Waals surface area (Å²) in [6.45, 7) is 0. The Labute approximate surface area is 117 Å². The summed E-state index contributed by atoms with van der Waals surface area (Å²) < 4.78 is 33.0. The SMILES string of the molecule is COc1ccsc1S(=O)(=O)NC1CC2CCC(C1)N2. The van der Waals surface area contributed by atoms with Gasteiger partial charge in [-0.15, -0.1) is 11.3 Å². The minimum atomic E-state index is -3.46. The number of methoxy groups -OCH3 is 1. The third-order valence-corrected chi connectivity index (χ3v) is 6.82. The molecule has 2 fully saturated rings. The molecule has 0 aromatic carbocycles. The minimum absolute atomic E-state index is 0.0376. The highest BCUT2D eigenvalue weighted by Gasteiger charge is 2.36. The molecule has 5 nitrogen and oxygen atoms in total. The number of fused-ring (bicyclic) bond motifs is 2. The molecule has 0 radical (unpaired) electrons. The van der Waals surface area contributed by atoms with E-state index in [1.807, 2.05) is 0 Å². The molecule has 2 N–H and O–H groups in total. The molecule has 106 valence electrons. The van der Waals surface area contributed by atoms with Crippen LogP contribution in [0.4, 0.5) is 0 Å². The molecule has 7 heteroatoms. The van der Waals surface area contributed by atoms with Crippen molar-refractivity contribution in [2.45, 2.75) is 48.0 Å². The highest BCUT2D eigenvalue weighted by Crippen LogP contribution is 2.32. The average molecular weight is 302 g/mol. The summed E-state index contributed by atoms with van der Waals surface area (Å²) in [6.07, 6.45) is 4.07. The molecule has 3 rings (SSSR count). The van der Waals surface area contributed by atoms with Gasteiger partial charge in [0.05, 0.1) is 7.11 Å². The summed E-state index contributed by atoms with van der Waals surface area (Å²) in [6, 6.07) is 2.66. The summed E-state index contributed by atoms with van der Waals surface area (Å²) >= 11 is 1.20. The van der Waals surface area contributed by atoms with Crippen molar-refractivity contribution in [1.82, 2.24) is 10.0 Å². The lowest BCUT2D eigenvalue weighted by molar-refractivity contribution is 0.344. The van der Waals surface area contributed by atoms with Crippen LogP contribution in [0.2, 0.25) is 0 Å². The molecule has 2 unspecified atom stereocenters. The Hall–Kier alpha value is -0.630. The Morgan fingerprint density at radius 1 is 1.37 bits per heavy atom. The second-order valence-corrected chi connectivity index (χ2v) is 8.03. The van der Waals surface area contributed by atoms with Gasteiger partial charge in [-0.25, -0.2) is 13.1 Å². The van der Waals surface area contributed by atoms with Crippen LogP contribution in [0.25, 0.3) is 0 Å². The Morgan fingerprint density at radius 3 is 2.68 bits per heavy atom. The molecular weight excluding hydrogens is 284 g/mol. The maximum Gasteiger partial charge on any atom is 0.254 e. The third kappa shape index (κ3) is 2.65. The summed E-state index contributed by atoms with van der Waals surface area (Å²) in [5.41, 5.74) is 0. The smallest absolute Gasteiger partial charge is 0.254 e. The predicted octanol–water partition coefficient (Wildman–Crippen LogP) is 1.32. The van der Waals surface area contributed by atoms with Crippen LogP contribution in [0.3, 0.4) is 0 Å². The topological polar surface area (TPSA) is 67.4 Å². The highest BCUT2D eigenvalue weighted by molar-refractivity contribution is 7.91. The third-order valence-electron chi connectivity index (χ3n) is 3.85. The summed E-state index contributed by atoms with van der Waals surface area (Å²) in [7, 11) is -1.97. The number of piperidine rings is 1. The highest BCUT2D eigenvalue weighted by atomic mass is 32.2. The zero-order chi connectivity index (χ0) is 13.5. The van der Waals surface area contributed by atoms with E-state index in [1.165, 1.54) is 18.4 Å². The van der Waals surface area contributed by atoms with Crippen molar-refractivity contribution in [3.05, 3.63) is 11.4 Å². The first-order chi connectivity index (χ1) is 9.08. The monoisotopic (exact) mass is 302 g/mol. The standard InChI is InChI=1S/C12H18N2O3S2/c1-17-11-4-5-18-12(11)19(15,16)14-10-6-8-2-3-9(7-10)13-8/h4-5,8-10,13-14H,2-3,6-7H2,1H3. The molecule has 2 aliphatic heterocycles. The largest absolute Gasteiger partial charge is 0.494 e. The molecule has 3 heterocycles. The van der Waals surface area contributed by atoms with E-state index in [0.29, 0.717) is 17.8 Å². The lowest BCUT2D eigenvalue weighted by Gasteiger charge is -2.29. The van der Waals surface area contributed by atoms with Gasteiger partial charge in [-0.2, -0.15) is 0 Å². The van der Waals surface area contributed by atoms with Gasteiger partial charge < -0.3 is 10.1 Å². The van der Waals surface area contributed by atoms with Crippen LogP contribution in [0.5, 0.6) is 5.75 Å². The molecule has 0 spiro atoms. The average Bonchev–Trinajstić information content (AvgIpc) is 2.95. The van der Waals surface area contributed by atoms with Crippen molar-refractivity contribution in [1.29, 1.82) is 0 Å². The fourth-order valence-corrected chi connectivity index (χ4v) is 5.61. The lowest BCUT2D eigenvalue weighted by Crippen LogP contribution is -2.47. The van der Waals surface area contributed by atoms with Crippen LogP contribution in [0.1, 0.15) is 25.7 Å². The number of ether oxygens (including phenoxy) is 1. The molecule has 1 aromatic rings. The normalized spacial score (nSPS) is 30.5. The zero-order valence-electron chi connectivity index (χ0n) is 10.8. The molecular formula is C12H18N2O3S2. The molecule has 2 atom stereocenters. The Kier molecular flexibility index (Phi) is 3.55. The number of nitrogens with one attached hydrogen (secondary N) is 2. The van der Waals surface area contributed by atoms with Gasteiger partial charge in [0.1, 0.15) is 5.75 Å². The Morgan fingerprint density at radius 2 is 2.05 bits per heavy atom. The van der Waals surface area contributed by atoms with Gasteiger partial charge in [-0.1, -0.05) is 0 Å². The van der Waals surface area contributed by atoms with Crippen molar-refractivity contribution in [2.75, 3.05) is 7.11 Å². The van der Waals surface area contributed by atoms with E-state index in [-0.39, 0.29) is 10.3 Å². The summed E-state index contributed by atoms with van der Waals surface area (Å²) in [4.78, 5) is 0. The number of rotatable bonds is 4. The van der Waals surface area contributed by atoms with E-state index in [1.54, 1.807) is 11.4 Å². The van der Waals surface area contributed by atoms with Crippen LogP contribution in [0, 0.1) is 0 Å². The fourth-order valence-electron chi connectivity index (χ4n) is 3.06. The van der Waals surface area contributed by atoms with Gasteiger partial charge in [0.25, 0.3) is 10.0 Å². The predicted molar refractivity (Wildman–Crippen MR) is 74.2 cm³/mol. The van der Waals surface area contributed by atoms with E-state index in [4.69, 9.17) is 4.74 Å². The molecule has 0 aliphatic carbocycles. The molecule has 1 aromatic heterocycles. The maximum absolute atomic E-state index is 12.4. The van der Waals surface area contributed by atoms with Gasteiger partial charge in [-0.05, 0) is 37.1 Å². The quantitative estimate of drug-likeness (QED) is 0.880. The lowest BCUT2D eigenvalue weighted by atomic mass is 10.0. The minimum Gasteiger partial charge on any atom is -0.494 e. The van der Waals surface area contributed by atoms with Crippen molar-refractivity contribution >= 4 is 21.4 Å². The second kappa shape index (κ2) is 5.05. The van der Waals surface area contributed by atoms with Crippen molar-refractivity contribution in [3.8, 4) is 5.75 Å². The maximum atomic E-state index is 12.4. The number of thiophene rings is 1. The van der Waals surface area contributed by atoms with Crippen LogP contribution >= 0.6 is 11.3 Å². The summed E-state index contributed by atoms with van der Waals surface area (Å²) in [5.74, 6) is 0.425. The van der Waals surface area contributed by atoms with E-state index in [0.717, 1.165) is 25.7 Å². The number of sulfonamides is 1. The van der Waals surface area contributed by atoms with Crippen LogP contribution < -0.4 is 14.8 Å². The van der Waals surface area contributed by atoms with Gasteiger partial charge >= 0.3 is 0 Å². The van der Waals surface area contributed by atoms with Gasteiger partial charge in [0, 0.05) is 18.1 Å². The fraction of sp³-hybridized carbons (Fsp3) is 0.667. The van der Waals surface area contributed by atoms with E-state index < -0.39 is 10.0 Å². The zero-order valence-corrected chi connectivity index (χ0v) is 12.4. The Balaban J connectivity index is 1.75. The number of hydrogen-bond acceptors (Lipinski definition) is 5. The van der Waals surface area contributed by atoms with Crippen LogP contribution in [-0.4, -0.2) is 33.7 Å². The van der Waals surface area contributed by atoms with Crippen molar-refractivity contribution in [3.63, 3.8) is 0 Å². The second-order valence-electron chi connectivity index (χ2n) is 5.20. The first-order valence-electron chi connectivity index (χ1n) is 6.48. The van der Waals surface area contributed by atoms with Gasteiger partial charge in [-0.3, -0.25) is 0 Å². The van der Waals surface area contributed by atoms with Gasteiger partial charge in [0.15, 0.2) is 4.21 Å². The van der Waals surface area contributed by atoms with E-state index in [9.17, 15) is 8.42 Å². The van der Waals surface area contributed by atoms with Crippen molar-refractivity contribution < 1.29 is 13.2 Å². The van der Waals surface area contributed by atoms with Gasteiger partial charge in [0.2, 0.25) is 0 Å². The van der Waals surface area contributed by atoms with Crippen molar-refractivity contribution in [2.24, 2.45) is 0 Å². The molecule has 2 saturated heterocycles. The molecule has 0 amide bonds. The molecule has 2 aliphatic rings. The van der Waals surface area contributed by atoms with E-state index in [2.05, 4.69) is 10.0 Å².